The van der Waals surface area contributed by atoms with Crippen LogP contribution in [0.2, 0.25) is 0 Å². The average Bonchev–Trinajstić information content (AvgIpc) is 2.76. The van der Waals surface area contributed by atoms with E-state index in [2.05, 4.69) is 4.98 Å². The number of nitrogens with two attached hydrogens (primary N) is 1. The zero-order chi connectivity index (χ0) is 18.2. The van der Waals surface area contributed by atoms with Crippen LogP contribution in [-0.2, 0) is 15.1 Å². The third kappa shape index (κ3) is 2.88. The molecule has 134 valence electrons. The molecule has 1 aromatic rings. The second kappa shape index (κ2) is 6.46. The van der Waals surface area contributed by atoms with E-state index in [1.807, 2.05) is 6.07 Å². The van der Waals surface area contributed by atoms with Gasteiger partial charge in [0.05, 0.1) is 24.7 Å². The molecule has 3 rings (SSSR count). The van der Waals surface area contributed by atoms with E-state index in [4.69, 9.17) is 10.5 Å². The fourth-order valence-electron chi connectivity index (χ4n) is 3.42. The Kier molecular flexibility index (Phi) is 4.49. The molecule has 9 nitrogen and oxygen atoms in total. The molecule has 25 heavy (non-hydrogen) atoms. The summed E-state index contributed by atoms with van der Waals surface area (Å²) in [4.78, 5) is 27.5. The molecule has 0 spiro atoms. The number of carbonyl (C=O) groups excluding carboxylic acids is 1. The van der Waals surface area contributed by atoms with Gasteiger partial charge in [-0.25, -0.2) is 4.79 Å². The number of hydrogen-bond donors (Lipinski definition) is 3. The number of aliphatic hydroxyl groups is 2. The van der Waals surface area contributed by atoms with Gasteiger partial charge in [-0.3, -0.25) is 9.36 Å². The first-order chi connectivity index (χ1) is 11.9. The normalized spacial score (nSPS) is 32.0. The number of nitrogen functional groups attached to an aromatic ring is 1. The minimum absolute atomic E-state index is 0.00615. The fraction of sp³-hybridized carbons (Fsp3) is 0.625. The summed E-state index contributed by atoms with van der Waals surface area (Å²) in [5.74, 6) is -1.10. The van der Waals surface area contributed by atoms with Crippen molar-refractivity contribution in [2.45, 2.75) is 43.4 Å². The van der Waals surface area contributed by atoms with Gasteiger partial charge < -0.3 is 20.7 Å². The van der Waals surface area contributed by atoms with Crippen molar-refractivity contribution >= 4 is 11.8 Å². The maximum atomic E-state index is 12.1. The highest BCUT2D eigenvalue weighted by Gasteiger charge is 2.55. The van der Waals surface area contributed by atoms with Gasteiger partial charge in [0.15, 0.2) is 5.54 Å². The van der Waals surface area contributed by atoms with Gasteiger partial charge >= 0.3 is 11.7 Å². The van der Waals surface area contributed by atoms with Crippen LogP contribution >= 0.6 is 0 Å². The Hall–Kier alpha value is -2.44. The number of aromatic nitrogens is 2. The largest absolute Gasteiger partial charge is 0.465 e. The summed E-state index contributed by atoms with van der Waals surface area (Å²) >= 11 is 0. The monoisotopic (exact) mass is 348 g/mol. The zero-order valence-electron chi connectivity index (χ0n) is 13.5. The van der Waals surface area contributed by atoms with Crippen molar-refractivity contribution in [2.75, 3.05) is 12.3 Å². The summed E-state index contributed by atoms with van der Waals surface area (Å²) in [7, 11) is 0. The Labute approximate surface area is 143 Å². The molecule has 0 aromatic carbocycles. The first-order valence-electron chi connectivity index (χ1n) is 8.18. The van der Waals surface area contributed by atoms with Crippen molar-refractivity contribution < 1.29 is 19.7 Å². The minimum atomic E-state index is -1.69. The van der Waals surface area contributed by atoms with Crippen LogP contribution in [0.25, 0.3) is 0 Å². The molecule has 0 radical (unpaired) electrons. The topological polar surface area (TPSA) is 151 Å². The lowest BCUT2D eigenvalue weighted by Gasteiger charge is -2.27. The molecular weight excluding hydrogens is 328 g/mol. The number of hydrogen-bond acceptors (Lipinski definition) is 8. The van der Waals surface area contributed by atoms with Crippen molar-refractivity contribution in [3.05, 3.63) is 22.7 Å². The lowest BCUT2D eigenvalue weighted by Crippen LogP contribution is -2.48. The first kappa shape index (κ1) is 17.4. The van der Waals surface area contributed by atoms with Crippen LogP contribution in [-0.4, -0.2) is 44.5 Å². The van der Waals surface area contributed by atoms with Crippen LogP contribution in [0.5, 0.6) is 0 Å². The Morgan fingerprint density at radius 3 is 2.80 bits per heavy atom. The molecule has 0 aliphatic heterocycles. The molecule has 1 heterocycles. The second-order valence-electron chi connectivity index (χ2n) is 6.70. The van der Waals surface area contributed by atoms with Crippen molar-refractivity contribution in [1.29, 1.82) is 5.26 Å². The minimum Gasteiger partial charge on any atom is -0.465 e. The highest BCUT2D eigenvalue weighted by molar-refractivity contribution is 5.73. The number of carbonyl (C=O) groups is 1. The van der Waals surface area contributed by atoms with Gasteiger partial charge in [0.1, 0.15) is 11.9 Å². The number of aliphatic hydroxyl groups excluding tert-OH is 2. The number of esters is 1. The van der Waals surface area contributed by atoms with E-state index in [1.54, 1.807) is 0 Å². The van der Waals surface area contributed by atoms with Crippen molar-refractivity contribution in [3.63, 3.8) is 0 Å². The number of ether oxygens (including phenoxy) is 1. The maximum absolute atomic E-state index is 12.1. The van der Waals surface area contributed by atoms with E-state index >= 15 is 0 Å². The number of anilines is 1. The van der Waals surface area contributed by atoms with E-state index < -0.39 is 29.4 Å². The summed E-state index contributed by atoms with van der Waals surface area (Å²) in [5, 5.41) is 30.4. The lowest BCUT2D eigenvalue weighted by atomic mass is 9.86. The van der Waals surface area contributed by atoms with Crippen LogP contribution in [0.1, 0.15) is 25.7 Å². The quantitative estimate of drug-likeness (QED) is 0.594. The zero-order valence-corrected chi connectivity index (χ0v) is 13.5. The molecule has 0 saturated heterocycles. The van der Waals surface area contributed by atoms with Crippen LogP contribution < -0.4 is 11.4 Å². The van der Waals surface area contributed by atoms with E-state index in [-0.39, 0.29) is 30.7 Å². The van der Waals surface area contributed by atoms with Gasteiger partial charge in [0.2, 0.25) is 0 Å². The highest BCUT2D eigenvalue weighted by atomic mass is 16.5. The molecule has 1 aromatic heterocycles. The molecule has 4 N–H and O–H groups in total. The van der Waals surface area contributed by atoms with Crippen LogP contribution in [0.4, 0.5) is 5.82 Å². The molecule has 0 amide bonds. The first-order valence-corrected chi connectivity index (χ1v) is 8.18. The van der Waals surface area contributed by atoms with Crippen molar-refractivity contribution in [1.82, 2.24) is 9.55 Å². The highest BCUT2D eigenvalue weighted by Crippen LogP contribution is 2.40. The standard InChI is InChI=1S/C16H20N4O5/c17-8-16(20-5-4-11(18)19-15(20)24)6-10(12(21)13(16)22)7-25-14(23)9-2-1-3-9/h4-5,9-10,12-13,21-22H,1-3,6-7H2,(H2,18,19,24)/t10-,12?,13?,16+/m1/s1. The second-order valence-corrected chi connectivity index (χ2v) is 6.70. The lowest BCUT2D eigenvalue weighted by molar-refractivity contribution is -0.154. The molecule has 9 heteroatoms. The summed E-state index contributed by atoms with van der Waals surface area (Å²) in [5.41, 5.74) is 2.97. The Balaban J connectivity index is 1.80. The molecular formula is C16H20N4O5. The Morgan fingerprint density at radius 2 is 2.24 bits per heavy atom. The molecule has 0 bridgehead atoms. The summed E-state index contributed by atoms with van der Waals surface area (Å²) in [6.45, 7) is -0.117. The maximum Gasteiger partial charge on any atom is 0.350 e. The van der Waals surface area contributed by atoms with Gasteiger partial charge in [-0.2, -0.15) is 10.2 Å². The van der Waals surface area contributed by atoms with Gasteiger partial charge in [-0.15, -0.1) is 0 Å². The van der Waals surface area contributed by atoms with E-state index in [0.29, 0.717) is 0 Å². The number of rotatable bonds is 4. The molecule has 2 aliphatic carbocycles. The molecule has 2 fully saturated rings. The van der Waals surface area contributed by atoms with Gasteiger partial charge in [-0.05, 0) is 25.3 Å². The molecule has 4 atom stereocenters. The van der Waals surface area contributed by atoms with Gasteiger partial charge in [0, 0.05) is 12.1 Å². The van der Waals surface area contributed by atoms with Crippen molar-refractivity contribution in [2.24, 2.45) is 11.8 Å². The van der Waals surface area contributed by atoms with Crippen LogP contribution in [0, 0.1) is 23.2 Å². The summed E-state index contributed by atoms with van der Waals surface area (Å²) < 4.78 is 6.21. The summed E-state index contributed by atoms with van der Waals surface area (Å²) in [6.07, 6.45) is 0.982. The third-order valence-corrected chi connectivity index (χ3v) is 5.20. The van der Waals surface area contributed by atoms with Crippen molar-refractivity contribution in [3.8, 4) is 6.07 Å². The Bertz CT molecular complexity index is 769. The molecule has 2 aliphatic rings. The van der Waals surface area contributed by atoms with Crippen LogP contribution in [0.3, 0.4) is 0 Å². The van der Waals surface area contributed by atoms with E-state index in [0.717, 1.165) is 23.8 Å². The van der Waals surface area contributed by atoms with Crippen LogP contribution in [0.15, 0.2) is 17.1 Å². The number of nitrogens with zero attached hydrogens (tertiary/aromatic N) is 3. The molecule has 2 unspecified atom stereocenters. The van der Waals surface area contributed by atoms with Gasteiger partial charge in [0.25, 0.3) is 0 Å². The predicted octanol–water partition coefficient (Wildman–Crippen LogP) is -0.871. The average molecular weight is 348 g/mol. The summed E-state index contributed by atoms with van der Waals surface area (Å²) in [6, 6.07) is 3.27. The fourth-order valence-corrected chi connectivity index (χ4v) is 3.42. The predicted molar refractivity (Wildman–Crippen MR) is 84.9 cm³/mol. The Morgan fingerprint density at radius 1 is 1.52 bits per heavy atom. The SMILES string of the molecule is N#C[C@@]1(n2ccc(N)nc2=O)C[C@H](COC(=O)C2CCC2)C(O)C1O. The number of nitriles is 1. The third-order valence-electron chi connectivity index (χ3n) is 5.20. The smallest absolute Gasteiger partial charge is 0.350 e. The van der Waals surface area contributed by atoms with E-state index in [9.17, 15) is 25.1 Å². The van der Waals surface area contributed by atoms with Gasteiger partial charge in [-0.1, -0.05) is 6.42 Å². The molecule has 2 saturated carbocycles. The van der Waals surface area contributed by atoms with E-state index in [1.165, 1.54) is 12.3 Å².